The lowest BCUT2D eigenvalue weighted by Gasteiger charge is -2.22. The molecule has 1 aromatic carbocycles. The van der Waals surface area contributed by atoms with Gasteiger partial charge in [0.2, 0.25) is 5.76 Å². The molecule has 0 amide bonds. The summed E-state index contributed by atoms with van der Waals surface area (Å²) in [5, 5.41) is 12.7. The molecule has 0 fully saturated rings. The van der Waals surface area contributed by atoms with Crippen molar-refractivity contribution in [2.45, 2.75) is 0 Å². The van der Waals surface area contributed by atoms with E-state index in [0.717, 1.165) is 0 Å². The Kier molecular flexibility index (Phi) is 3.26. The van der Waals surface area contributed by atoms with Crippen molar-refractivity contribution in [1.29, 1.82) is 0 Å². The minimum absolute atomic E-state index is 0.157. The zero-order valence-electron chi connectivity index (χ0n) is 10.5. The van der Waals surface area contributed by atoms with E-state index in [-0.39, 0.29) is 40.1 Å². The fourth-order valence-electron chi connectivity index (χ4n) is 2.00. The standard InChI is InChI=1S/C13H8ClNO6/c14-8-3-6(9-4-10(13(17)18)21-15-9)11-12(7(8)5-16)20-2-1-19-11/h3-5H,1-2H2,(H,17,18). The number of hydrogen-bond acceptors (Lipinski definition) is 6. The second-order valence-electron chi connectivity index (χ2n) is 4.17. The van der Waals surface area contributed by atoms with Crippen molar-refractivity contribution in [1.82, 2.24) is 5.16 Å². The second-order valence-corrected chi connectivity index (χ2v) is 4.58. The number of hydrogen-bond donors (Lipinski definition) is 1. The van der Waals surface area contributed by atoms with Crippen LogP contribution in [0.2, 0.25) is 5.02 Å². The van der Waals surface area contributed by atoms with Gasteiger partial charge in [-0.25, -0.2) is 4.79 Å². The lowest BCUT2D eigenvalue weighted by Crippen LogP contribution is -2.17. The zero-order chi connectivity index (χ0) is 15.0. The van der Waals surface area contributed by atoms with E-state index >= 15 is 0 Å². The molecule has 1 aromatic heterocycles. The van der Waals surface area contributed by atoms with Gasteiger partial charge in [-0.1, -0.05) is 16.8 Å². The Morgan fingerprint density at radius 3 is 2.62 bits per heavy atom. The van der Waals surface area contributed by atoms with Gasteiger partial charge < -0.3 is 19.1 Å². The van der Waals surface area contributed by atoms with Gasteiger partial charge in [0.1, 0.15) is 18.9 Å². The summed E-state index contributed by atoms with van der Waals surface area (Å²) in [7, 11) is 0. The van der Waals surface area contributed by atoms with Crippen molar-refractivity contribution in [2.75, 3.05) is 13.2 Å². The van der Waals surface area contributed by atoms with Crippen LogP contribution in [0.4, 0.5) is 0 Å². The number of benzene rings is 1. The Morgan fingerprint density at radius 1 is 1.29 bits per heavy atom. The SMILES string of the molecule is O=Cc1c(Cl)cc(-c2cc(C(=O)O)on2)c2c1OCCO2. The van der Waals surface area contributed by atoms with E-state index in [1.807, 2.05) is 0 Å². The van der Waals surface area contributed by atoms with Gasteiger partial charge in [0.05, 0.1) is 16.1 Å². The number of carbonyl (C=O) groups excluding carboxylic acids is 1. The molecule has 0 aliphatic carbocycles. The van der Waals surface area contributed by atoms with Crippen molar-refractivity contribution >= 4 is 23.9 Å². The maximum absolute atomic E-state index is 11.1. The molecule has 108 valence electrons. The van der Waals surface area contributed by atoms with Crippen LogP contribution in [0.1, 0.15) is 20.9 Å². The molecule has 21 heavy (non-hydrogen) atoms. The molecule has 0 spiro atoms. The normalized spacial score (nSPS) is 13.0. The van der Waals surface area contributed by atoms with Gasteiger partial charge in [-0.3, -0.25) is 4.79 Å². The summed E-state index contributed by atoms with van der Waals surface area (Å²) in [6.45, 7) is 0.580. The summed E-state index contributed by atoms with van der Waals surface area (Å²) >= 11 is 6.04. The summed E-state index contributed by atoms with van der Waals surface area (Å²) in [6.07, 6.45) is 0.575. The largest absolute Gasteiger partial charge is 0.485 e. The number of carbonyl (C=O) groups is 2. The van der Waals surface area contributed by atoms with Gasteiger partial charge in [-0.05, 0) is 6.07 Å². The Balaban J connectivity index is 2.20. The highest BCUT2D eigenvalue weighted by Gasteiger charge is 2.26. The highest BCUT2D eigenvalue weighted by Crippen LogP contribution is 2.44. The number of aldehydes is 1. The number of aromatic nitrogens is 1. The summed E-state index contributed by atoms with van der Waals surface area (Å²) < 4.78 is 15.6. The van der Waals surface area contributed by atoms with Gasteiger partial charge in [0, 0.05) is 6.07 Å². The number of aromatic carboxylic acids is 1. The molecule has 0 saturated heterocycles. The average molecular weight is 310 g/mol. The number of carboxylic acids is 1. The highest BCUT2D eigenvalue weighted by molar-refractivity contribution is 6.33. The van der Waals surface area contributed by atoms with Crippen molar-refractivity contribution in [3.8, 4) is 22.8 Å². The molecule has 2 aromatic rings. The van der Waals surface area contributed by atoms with E-state index in [2.05, 4.69) is 5.16 Å². The number of halogens is 1. The third-order valence-corrected chi connectivity index (χ3v) is 3.23. The summed E-state index contributed by atoms with van der Waals surface area (Å²) in [5.74, 6) is -1.04. The van der Waals surface area contributed by atoms with E-state index in [1.165, 1.54) is 12.1 Å². The van der Waals surface area contributed by atoms with Gasteiger partial charge in [0.15, 0.2) is 17.8 Å². The lowest BCUT2D eigenvalue weighted by molar-refractivity contribution is 0.0652. The van der Waals surface area contributed by atoms with Gasteiger partial charge in [0.25, 0.3) is 0 Å². The molecule has 0 bridgehead atoms. The molecular formula is C13H8ClNO6. The van der Waals surface area contributed by atoms with Crippen LogP contribution in [0.5, 0.6) is 11.5 Å². The molecule has 3 rings (SSSR count). The summed E-state index contributed by atoms with van der Waals surface area (Å²) in [5.41, 5.74) is 0.808. The van der Waals surface area contributed by atoms with Crippen LogP contribution in [0.3, 0.4) is 0 Å². The lowest BCUT2D eigenvalue weighted by atomic mass is 10.1. The van der Waals surface area contributed by atoms with Crippen LogP contribution in [0.25, 0.3) is 11.3 Å². The first-order valence-corrected chi connectivity index (χ1v) is 6.27. The van der Waals surface area contributed by atoms with Crippen molar-refractivity contribution < 1.29 is 28.7 Å². The van der Waals surface area contributed by atoms with Crippen molar-refractivity contribution in [2.24, 2.45) is 0 Å². The third-order valence-electron chi connectivity index (χ3n) is 2.91. The number of fused-ring (bicyclic) bond motifs is 1. The molecule has 1 aliphatic rings. The maximum atomic E-state index is 11.1. The van der Waals surface area contributed by atoms with Crippen LogP contribution in [-0.4, -0.2) is 35.7 Å². The topological polar surface area (TPSA) is 98.9 Å². The first kappa shape index (κ1) is 13.4. The molecule has 0 atom stereocenters. The number of carboxylic acid groups (broad SMARTS) is 1. The van der Waals surface area contributed by atoms with Crippen LogP contribution in [0.15, 0.2) is 16.7 Å². The van der Waals surface area contributed by atoms with Crippen LogP contribution >= 0.6 is 11.6 Å². The Bertz CT molecular complexity index is 739. The van der Waals surface area contributed by atoms with Crippen molar-refractivity contribution in [3.63, 3.8) is 0 Å². The van der Waals surface area contributed by atoms with Crippen LogP contribution in [0, 0.1) is 0 Å². The van der Waals surface area contributed by atoms with E-state index in [9.17, 15) is 9.59 Å². The highest BCUT2D eigenvalue weighted by atomic mass is 35.5. The summed E-state index contributed by atoms with van der Waals surface area (Å²) in [4.78, 5) is 21.9. The number of ether oxygens (including phenoxy) is 2. The average Bonchev–Trinajstić information content (AvgIpc) is 2.96. The fraction of sp³-hybridized carbons (Fsp3) is 0.154. The van der Waals surface area contributed by atoms with E-state index < -0.39 is 5.97 Å². The van der Waals surface area contributed by atoms with Crippen molar-refractivity contribution in [3.05, 3.63) is 28.5 Å². The molecule has 8 heteroatoms. The Labute approximate surface area is 123 Å². The number of nitrogens with zero attached hydrogens (tertiary/aromatic N) is 1. The first-order valence-electron chi connectivity index (χ1n) is 5.89. The predicted molar refractivity (Wildman–Crippen MR) is 70.3 cm³/mol. The number of rotatable bonds is 3. The molecule has 2 heterocycles. The fourth-order valence-corrected chi connectivity index (χ4v) is 2.24. The van der Waals surface area contributed by atoms with E-state index in [0.29, 0.717) is 18.5 Å². The molecule has 7 nitrogen and oxygen atoms in total. The first-order chi connectivity index (χ1) is 10.1. The minimum atomic E-state index is -1.24. The Hall–Kier alpha value is -2.54. The van der Waals surface area contributed by atoms with Crippen LogP contribution in [-0.2, 0) is 0 Å². The van der Waals surface area contributed by atoms with Crippen LogP contribution < -0.4 is 9.47 Å². The summed E-state index contributed by atoms with van der Waals surface area (Å²) in [6, 6.07) is 2.70. The van der Waals surface area contributed by atoms with Gasteiger partial charge >= 0.3 is 5.97 Å². The molecule has 1 aliphatic heterocycles. The quantitative estimate of drug-likeness (QED) is 0.868. The molecular weight excluding hydrogens is 302 g/mol. The maximum Gasteiger partial charge on any atom is 0.374 e. The minimum Gasteiger partial charge on any atom is -0.485 e. The van der Waals surface area contributed by atoms with Gasteiger partial charge in [-0.15, -0.1) is 0 Å². The molecule has 0 saturated carbocycles. The predicted octanol–water partition coefficient (Wildman–Crippen LogP) is 2.28. The smallest absolute Gasteiger partial charge is 0.374 e. The molecule has 1 N–H and O–H groups in total. The van der Waals surface area contributed by atoms with E-state index in [4.69, 9.17) is 30.7 Å². The molecule has 0 radical (unpaired) electrons. The monoisotopic (exact) mass is 309 g/mol. The van der Waals surface area contributed by atoms with Gasteiger partial charge in [-0.2, -0.15) is 0 Å². The molecule has 0 unspecified atom stereocenters. The Morgan fingerprint density at radius 2 is 2.00 bits per heavy atom. The second kappa shape index (κ2) is 5.10. The van der Waals surface area contributed by atoms with E-state index in [1.54, 1.807) is 0 Å². The third kappa shape index (κ3) is 2.21. The zero-order valence-corrected chi connectivity index (χ0v) is 11.2.